The molecule has 0 bridgehead atoms. The summed E-state index contributed by atoms with van der Waals surface area (Å²) in [5.41, 5.74) is -0.510. The number of hydrogen-bond acceptors (Lipinski definition) is 7. The number of benzene rings is 1. The fourth-order valence-corrected chi connectivity index (χ4v) is 2.44. The van der Waals surface area contributed by atoms with Gasteiger partial charge < -0.3 is 24.2 Å². The molecule has 1 aromatic carbocycles. The van der Waals surface area contributed by atoms with E-state index in [0.717, 1.165) is 4.57 Å². The van der Waals surface area contributed by atoms with Gasteiger partial charge in [-0.1, -0.05) is 30.3 Å². The van der Waals surface area contributed by atoms with Crippen LogP contribution in [0.4, 0.5) is 0 Å². The van der Waals surface area contributed by atoms with E-state index in [2.05, 4.69) is 4.98 Å². The van der Waals surface area contributed by atoms with Crippen molar-refractivity contribution in [1.29, 1.82) is 0 Å². The maximum Gasteiger partial charge on any atom is 1.00 e. The third-order valence-electron chi connectivity index (χ3n) is 3.17. The molecule has 2 aromatic rings. The number of H-pyrrole nitrogens is 1. The molecule has 0 aliphatic rings. The number of aliphatic hydroxyl groups is 1. The van der Waals surface area contributed by atoms with Crippen LogP contribution in [0.1, 0.15) is 0 Å². The Kier molecular flexibility index (Phi) is 10.8. The molecule has 0 aliphatic carbocycles. The summed E-state index contributed by atoms with van der Waals surface area (Å²) in [6.45, 7) is -0.835. The van der Waals surface area contributed by atoms with Crippen molar-refractivity contribution < 1.29 is 61.9 Å². The van der Waals surface area contributed by atoms with Gasteiger partial charge in [-0.3, -0.25) is 14.3 Å². The smallest absolute Gasteiger partial charge is 0.809 e. The maximum absolute atomic E-state index is 11.9. The Labute approximate surface area is 172 Å². The van der Waals surface area contributed by atoms with Crippen molar-refractivity contribution in [3.8, 4) is 11.1 Å². The first-order valence-electron chi connectivity index (χ1n) is 6.93. The normalized spacial score (nSPS) is 12.0. The molecule has 2 N–H and O–H groups in total. The topological polar surface area (TPSA) is 148 Å². The SMILES string of the molecule is O=c1[nH]c(=O)n(C[C@@H](CO)OCP(=O)([O-])[O-])cc1-c1ccccc1.[Li+].[Li+]. The van der Waals surface area contributed by atoms with E-state index in [0.29, 0.717) is 5.56 Å². The molecule has 26 heavy (non-hydrogen) atoms. The summed E-state index contributed by atoms with van der Waals surface area (Å²) in [5.74, 6) is 0. The Morgan fingerprint density at radius 2 is 1.81 bits per heavy atom. The maximum atomic E-state index is 11.9. The second kappa shape index (κ2) is 11.1. The number of hydrogen-bond donors (Lipinski definition) is 2. The van der Waals surface area contributed by atoms with Crippen LogP contribution in [0.2, 0.25) is 0 Å². The number of aromatic amines is 1. The zero-order chi connectivity index (χ0) is 17.7. The van der Waals surface area contributed by atoms with Gasteiger partial charge in [-0.2, -0.15) is 0 Å². The predicted octanol–water partition coefficient (Wildman–Crippen LogP) is -7.54. The van der Waals surface area contributed by atoms with Crippen LogP contribution in [-0.4, -0.2) is 33.7 Å². The van der Waals surface area contributed by atoms with Crippen LogP contribution >= 0.6 is 7.60 Å². The van der Waals surface area contributed by atoms with Gasteiger partial charge >= 0.3 is 43.4 Å². The van der Waals surface area contributed by atoms with E-state index in [1.807, 2.05) is 0 Å². The van der Waals surface area contributed by atoms with Crippen molar-refractivity contribution in [2.24, 2.45) is 0 Å². The Morgan fingerprint density at radius 1 is 1.19 bits per heavy atom. The van der Waals surface area contributed by atoms with E-state index in [1.165, 1.54) is 6.20 Å². The number of rotatable bonds is 7. The molecular weight excluding hydrogens is 353 g/mol. The van der Waals surface area contributed by atoms with Gasteiger partial charge in [-0.25, -0.2) is 4.79 Å². The summed E-state index contributed by atoms with van der Waals surface area (Å²) in [6.07, 6.45) is -0.897. The van der Waals surface area contributed by atoms with E-state index in [9.17, 15) is 29.0 Å². The first-order chi connectivity index (χ1) is 11.3. The van der Waals surface area contributed by atoms with Gasteiger partial charge in [0.05, 0.1) is 31.2 Å². The molecule has 0 unspecified atom stereocenters. The number of aromatic nitrogens is 2. The summed E-state index contributed by atoms with van der Waals surface area (Å²) in [7, 11) is -4.89. The molecule has 1 aromatic heterocycles. The van der Waals surface area contributed by atoms with Crippen LogP contribution in [0, 0.1) is 0 Å². The first-order valence-corrected chi connectivity index (χ1v) is 8.65. The third-order valence-corrected chi connectivity index (χ3v) is 3.63. The molecule has 0 saturated carbocycles. The van der Waals surface area contributed by atoms with Gasteiger partial charge in [0, 0.05) is 6.20 Å². The average molecular weight is 368 g/mol. The van der Waals surface area contributed by atoms with Crippen LogP contribution in [-0.2, 0) is 15.8 Å². The molecule has 0 fully saturated rings. The van der Waals surface area contributed by atoms with E-state index >= 15 is 0 Å². The van der Waals surface area contributed by atoms with E-state index in [4.69, 9.17) is 4.74 Å². The van der Waals surface area contributed by atoms with Gasteiger partial charge in [-0.15, -0.1) is 0 Å². The van der Waals surface area contributed by atoms with E-state index in [-0.39, 0.29) is 49.8 Å². The number of nitrogens with one attached hydrogen (secondary N) is 1. The average Bonchev–Trinajstić information content (AvgIpc) is 2.53. The van der Waals surface area contributed by atoms with Crippen molar-refractivity contribution >= 4 is 7.60 Å². The van der Waals surface area contributed by atoms with Crippen molar-refractivity contribution in [3.05, 3.63) is 57.4 Å². The quantitative estimate of drug-likeness (QED) is 0.364. The molecule has 130 valence electrons. The zero-order valence-electron chi connectivity index (χ0n) is 14.5. The van der Waals surface area contributed by atoms with Crippen LogP contribution in [0.15, 0.2) is 46.1 Å². The van der Waals surface area contributed by atoms with Gasteiger partial charge in [0.2, 0.25) is 0 Å². The van der Waals surface area contributed by atoms with Crippen molar-refractivity contribution in [2.45, 2.75) is 12.6 Å². The summed E-state index contributed by atoms with van der Waals surface area (Å²) < 4.78 is 16.5. The third kappa shape index (κ3) is 7.42. The second-order valence-corrected chi connectivity index (χ2v) is 6.51. The molecule has 2 rings (SSSR count). The summed E-state index contributed by atoms with van der Waals surface area (Å²) in [4.78, 5) is 47.2. The Bertz CT molecular complexity index is 850. The molecular formula is C14H15Li2N2O7P. The van der Waals surface area contributed by atoms with Crippen LogP contribution < -0.4 is 58.8 Å². The van der Waals surface area contributed by atoms with Gasteiger partial charge in [0.15, 0.2) is 0 Å². The monoisotopic (exact) mass is 368 g/mol. The molecule has 12 heteroatoms. The molecule has 1 heterocycles. The van der Waals surface area contributed by atoms with E-state index < -0.39 is 37.9 Å². The Balaban J connectivity index is 0.00000312. The zero-order valence-corrected chi connectivity index (χ0v) is 15.3. The van der Waals surface area contributed by atoms with Crippen LogP contribution in [0.25, 0.3) is 11.1 Å². The second-order valence-electron chi connectivity index (χ2n) is 5.03. The van der Waals surface area contributed by atoms with Gasteiger partial charge in [0.1, 0.15) is 0 Å². The van der Waals surface area contributed by atoms with Crippen molar-refractivity contribution in [3.63, 3.8) is 0 Å². The summed E-state index contributed by atoms with van der Waals surface area (Å²) in [5, 5.41) is 9.21. The van der Waals surface area contributed by atoms with Gasteiger partial charge in [-0.05, 0) is 13.2 Å². The molecule has 0 amide bonds. The standard InChI is InChI=1S/C14H17N2O7P.2Li/c17-8-11(23-9-24(20,21)22)6-16-7-12(13(18)15-14(16)19)10-4-2-1-3-5-10;;/h1-5,7,11,17H,6,8-9H2,(H,15,18,19)(H2,20,21,22);;/q;2*+1/p-2/t11-;;/m0../s1. The summed E-state index contributed by atoms with van der Waals surface area (Å²) in [6, 6.07) is 8.59. The molecule has 0 radical (unpaired) electrons. The number of ether oxygens (including phenoxy) is 1. The predicted molar refractivity (Wildman–Crippen MR) is 81.2 cm³/mol. The first kappa shape index (κ1) is 25.2. The van der Waals surface area contributed by atoms with Crippen LogP contribution in [0.3, 0.4) is 0 Å². The molecule has 0 aliphatic heterocycles. The Hall–Kier alpha value is -0.835. The Morgan fingerprint density at radius 3 is 2.35 bits per heavy atom. The van der Waals surface area contributed by atoms with Gasteiger partial charge in [0.25, 0.3) is 5.56 Å². The largest absolute Gasteiger partial charge is 1.00 e. The molecule has 1 atom stereocenters. The molecule has 9 nitrogen and oxygen atoms in total. The van der Waals surface area contributed by atoms with Crippen molar-refractivity contribution in [1.82, 2.24) is 9.55 Å². The fourth-order valence-electron chi connectivity index (χ4n) is 2.05. The molecule has 0 spiro atoms. The van der Waals surface area contributed by atoms with E-state index in [1.54, 1.807) is 30.3 Å². The minimum absolute atomic E-state index is 0. The molecule has 0 saturated heterocycles. The number of aliphatic hydroxyl groups excluding tert-OH is 1. The summed E-state index contributed by atoms with van der Waals surface area (Å²) >= 11 is 0. The fraction of sp³-hybridized carbons (Fsp3) is 0.286. The van der Waals surface area contributed by atoms with Crippen LogP contribution in [0.5, 0.6) is 0 Å². The van der Waals surface area contributed by atoms with Crippen molar-refractivity contribution in [2.75, 3.05) is 13.0 Å². The number of nitrogens with zero attached hydrogens (tertiary/aromatic N) is 1. The minimum Gasteiger partial charge on any atom is -0.809 e. The minimum atomic E-state index is -4.89.